The van der Waals surface area contributed by atoms with Gasteiger partial charge < -0.3 is 40.9 Å². The van der Waals surface area contributed by atoms with Crippen LogP contribution in [0.5, 0.6) is 0 Å². The van der Waals surface area contributed by atoms with E-state index in [4.69, 9.17) is 20.4 Å². The summed E-state index contributed by atoms with van der Waals surface area (Å²) in [6.45, 7) is 1.16. The van der Waals surface area contributed by atoms with Gasteiger partial charge in [-0.15, -0.1) is 0 Å². The van der Waals surface area contributed by atoms with Gasteiger partial charge in [-0.05, 0) is 6.42 Å². The molecular weight excluding hydrogens is 444 g/mol. The third-order valence-electron chi connectivity index (χ3n) is 4.65. The molecular formula is C17H22O15. The number of ketones is 3. The van der Waals surface area contributed by atoms with Crippen LogP contribution in [0.2, 0.25) is 0 Å². The molecule has 0 bridgehead atoms. The number of carboxylic acids is 4. The number of Topliss-reactive ketones (excluding diaryl/α,β-unsaturated/α-hetero) is 3. The van der Waals surface area contributed by atoms with Crippen LogP contribution < -0.4 is 0 Å². The topological polar surface area (TPSA) is 281 Å². The molecule has 0 spiro atoms. The van der Waals surface area contributed by atoms with Gasteiger partial charge in [-0.2, -0.15) is 0 Å². The fourth-order valence-corrected chi connectivity index (χ4v) is 3.00. The van der Waals surface area contributed by atoms with Crippen molar-refractivity contribution in [1.29, 1.82) is 0 Å². The third kappa shape index (κ3) is 5.70. The van der Waals surface area contributed by atoms with Gasteiger partial charge in [0.05, 0.1) is 19.3 Å². The van der Waals surface area contributed by atoms with Gasteiger partial charge in [0.15, 0.2) is 17.0 Å². The number of hydrogen-bond donors (Lipinski definition) is 8. The Bertz CT molecular complexity index is 832. The Hall–Kier alpha value is -3.27. The van der Waals surface area contributed by atoms with Gasteiger partial charge in [0.1, 0.15) is 18.1 Å². The minimum absolute atomic E-state index is 0.484. The molecule has 0 radical (unpaired) electrons. The van der Waals surface area contributed by atoms with Crippen LogP contribution >= 0.6 is 0 Å². The molecule has 0 aliphatic rings. The first-order valence-corrected chi connectivity index (χ1v) is 8.73. The van der Waals surface area contributed by atoms with Crippen molar-refractivity contribution in [2.24, 2.45) is 0 Å². The first kappa shape index (κ1) is 28.7. The van der Waals surface area contributed by atoms with E-state index in [-0.39, 0.29) is 0 Å². The van der Waals surface area contributed by atoms with E-state index >= 15 is 0 Å². The molecule has 0 aromatic carbocycles. The second-order valence-corrected chi connectivity index (χ2v) is 6.90. The summed E-state index contributed by atoms with van der Waals surface area (Å²) in [4.78, 5) is 82.0. The van der Waals surface area contributed by atoms with Crippen LogP contribution in [0.1, 0.15) is 39.0 Å². The van der Waals surface area contributed by atoms with Gasteiger partial charge in [0.25, 0.3) is 0 Å². The van der Waals surface area contributed by atoms with E-state index in [2.05, 4.69) is 0 Å². The zero-order valence-electron chi connectivity index (χ0n) is 16.5. The van der Waals surface area contributed by atoms with Crippen molar-refractivity contribution in [1.82, 2.24) is 0 Å². The van der Waals surface area contributed by atoms with Gasteiger partial charge in [-0.3, -0.25) is 33.6 Å². The third-order valence-corrected chi connectivity index (χ3v) is 4.65. The molecule has 0 saturated carbocycles. The molecule has 0 aromatic rings. The lowest BCUT2D eigenvalue weighted by atomic mass is 9.62. The number of carbonyl (C=O) groups is 7. The van der Waals surface area contributed by atoms with Gasteiger partial charge in [-0.1, -0.05) is 6.92 Å². The quantitative estimate of drug-likeness (QED) is 0.0860. The fraction of sp³-hybridized carbons (Fsp3) is 0.588. The summed E-state index contributed by atoms with van der Waals surface area (Å²) in [5, 5.41) is 78.2. The average molecular weight is 466 g/mol. The summed E-state index contributed by atoms with van der Waals surface area (Å²) in [7, 11) is 0. The highest BCUT2D eigenvalue weighted by molar-refractivity contribution is 6.42. The maximum atomic E-state index is 12.6. The van der Waals surface area contributed by atoms with Crippen molar-refractivity contribution in [2.75, 3.05) is 0 Å². The highest BCUT2D eigenvalue weighted by atomic mass is 16.4. The molecule has 1 unspecified atom stereocenters. The summed E-state index contributed by atoms with van der Waals surface area (Å²) >= 11 is 0. The molecule has 15 heteroatoms. The number of aliphatic hydroxyl groups excluding tert-OH is 1. The number of carboxylic acid groups (broad SMARTS) is 4. The van der Waals surface area contributed by atoms with Gasteiger partial charge in [0, 0.05) is 0 Å². The van der Waals surface area contributed by atoms with E-state index in [0.29, 0.717) is 0 Å². The molecule has 0 amide bonds. The SMILES string of the molecule is CCC(O)C(=O)C(=O)[C@](O)(CC(=O)O)[C@@](O)(CC(=O)O)[C@](O)(CC(=O)O)C(=O)CC(=O)O. The van der Waals surface area contributed by atoms with Gasteiger partial charge in [0.2, 0.25) is 11.6 Å². The van der Waals surface area contributed by atoms with Crippen LogP contribution in [0.4, 0.5) is 0 Å². The van der Waals surface area contributed by atoms with Crippen molar-refractivity contribution in [2.45, 2.75) is 61.9 Å². The molecule has 0 heterocycles. The van der Waals surface area contributed by atoms with E-state index in [1.165, 1.54) is 0 Å². The molecule has 180 valence electrons. The lowest BCUT2D eigenvalue weighted by Crippen LogP contribution is -2.75. The highest BCUT2D eigenvalue weighted by Gasteiger charge is 2.70. The number of aliphatic carboxylic acids is 4. The standard InChI is InChI=1S/C17H22O15/c1-2-7(18)13(28)14(29)16(31,5-11(24)25)17(32,6-12(26)27)15(30,4-10(22)23)8(19)3-9(20)21/h7,18,30-32H,2-6H2,1H3,(H,20,21)(H,22,23)(H,24,25)(H,26,27)/t7?,15-,16+,17+/m0/s1. The summed E-state index contributed by atoms with van der Waals surface area (Å²) in [6.07, 6.45) is -10.6. The van der Waals surface area contributed by atoms with E-state index < -0.39 is 96.2 Å². The molecule has 0 fully saturated rings. The second kappa shape index (κ2) is 10.4. The molecule has 8 N–H and O–H groups in total. The van der Waals surface area contributed by atoms with E-state index in [1.807, 2.05) is 0 Å². The van der Waals surface area contributed by atoms with E-state index in [9.17, 15) is 54.0 Å². The number of hydrogen-bond acceptors (Lipinski definition) is 11. The van der Waals surface area contributed by atoms with Crippen molar-refractivity contribution >= 4 is 41.2 Å². The minimum atomic E-state index is -4.25. The monoisotopic (exact) mass is 466 g/mol. The second-order valence-electron chi connectivity index (χ2n) is 6.90. The summed E-state index contributed by atoms with van der Waals surface area (Å²) in [6, 6.07) is 0. The summed E-state index contributed by atoms with van der Waals surface area (Å²) in [5.41, 5.74) is -12.5. The molecule has 0 aliphatic carbocycles. The Morgan fingerprint density at radius 3 is 1.44 bits per heavy atom. The Morgan fingerprint density at radius 2 is 1.09 bits per heavy atom. The Morgan fingerprint density at radius 1 is 0.688 bits per heavy atom. The Balaban J connectivity index is 7.30. The predicted molar refractivity (Wildman–Crippen MR) is 95.2 cm³/mol. The smallest absolute Gasteiger partial charge is 0.310 e. The molecule has 0 aromatic heterocycles. The Kier molecular flexibility index (Phi) is 9.30. The molecule has 0 saturated heterocycles. The van der Waals surface area contributed by atoms with Crippen molar-refractivity contribution in [3.8, 4) is 0 Å². The van der Waals surface area contributed by atoms with Crippen LogP contribution in [0.3, 0.4) is 0 Å². The molecule has 4 atom stereocenters. The minimum Gasteiger partial charge on any atom is -0.481 e. The van der Waals surface area contributed by atoms with Crippen LogP contribution in [-0.2, 0) is 33.6 Å². The number of carbonyl (C=O) groups excluding carboxylic acids is 3. The lowest BCUT2D eigenvalue weighted by Gasteiger charge is -2.48. The Labute approximate surface area is 178 Å². The number of aliphatic hydroxyl groups is 4. The zero-order chi connectivity index (χ0) is 25.7. The maximum Gasteiger partial charge on any atom is 0.310 e. The molecule has 0 aliphatic heterocycles. The van der Waals surface area contributed by atoms with E-state index in [1.54, 1.807) is 0 Å². The van der Waals surface area contributed by atoms with Gasteiger partial charge >= 0.3 is 23.9 Å². The van der Waals surface area contributed by atoms with Crippen LogP contribution in [0, 0.1) is 0 Å². The molecule has 0 rings (SSSR count). The van der Waals surface area contributed by atoms with E-state index in [0.717, 1.165) is 6.92 Å². The fourth-order valence-electron chi connectivity index (χ4n) is 3.00. The first-order chi connectivity index (χ1) is 14.4. The zero-order valence-corrected chi connectivity index (χ0v) is 16.5. The lowest BCUT2D eigenvalue weighted by molar-refractivity contribution is -0.243. The average Bonchev–Trinajstić information content (AvgIpc) is 2.63. The largest absolute Gasteiger partial charge is 0.481 e. The van der Waals surface area contributed by atoms with Gasteiger partial charge in [-0.25, -0.2) is 0 Å². The predicted octanol–water partition coefficient (Wildman–Crippen LogP) is -3.44. The first-order valence-electron chi connectivity index (χ1n) is 8.73. The summed E-state index contributed by atoms with van der Waals surface area (Å²) < 4.78 is 0. The van der Waals surface area contributed by atoms with Crippen molar-refractivity contribution < 1.29 is 74.4 Å². The maximum absolute atomic E-state index is 12.6. The summed E-state index contributed by atoms with van der Waals surface area (Å²) in [5.74, 6) is -15.0. The number of rotatable bonds is 15. The molecule has 32 heavy (non-hydrogen) atoms. The molecule has 15 nitrogen and oxygen atoms in total. The highest BCUT2D eigenvalue weighted by Crippen LogP contribution is 2.43. The van der Waals surface area contributed by atoms with Crippen molar-refractivity contribution in [3.63, 3.8) is 0 Å². The van der Waals surface area contributed by atoms with Crippen LogP contribution in [-0.4, -0.2) is 105 Å². The van der Waals surface area contributed by atoms with Crippen molar-refractivity contribution in [3.05, 3.63) is 0 Å². The normalized spacial score (nSPS) is 17.7. The van der Waals surface area contributed by atoms with Crippen LogP contribution in [0.15, 0.2) is 0 Å². The van der Waals surface area contributed by atoms with Crippen LogP contribution in [0.25, 0.3) is 0 Å².